The van der Waals surface area contributed by atoms with Gasteiger partial charge in [0.05, 0.1) is 12.6 Å². The summed E-state index contributed by atoms with van der Waals surface area (Å²) in [4.78, 5) is 16.4. The Balaban J connectivity index is 1.83. The molecule has 2 aromatic heterocycles. The number of benzene rings is 1. The summed E-state index contributed by atoms with van der Waals surface area (Å²) in [6.45, 7) is 0.456. The van der Waals surface area contributed by atoms with Crippen LogP contribution in [0.4, 0.5) is 0 Å². The number of carbonyl (C=O) groups excluding carboxylic acids is 1. The predicted molar refractivity (Wildman–Crippen MR) is 84.9 cm³/mol. The molecule has 5 heteroatoms. The van der Waals surface area contributed by atoms with Crippen molar-refractivity contribution in [3.8, 4) is 5.75 Å². The molecule has 0 radical (unpaired) electrons. The quantitative estimate of drug-likeness (QED) is 0.804. The zero-order valence-electron chi connectivity index (χ0n) is 12.5. The molecule has 0 aliphatic rings. The van der Waals surface area contributed by atoms with Gasteiger partial charge in [-0.1, -0.05) is 6.07 Å². The molecule has 0 bridgehead atoms. The zero-order chi connectivity index (χ0) is 15.5. The number of methoxy groups -OCH3 is 1. The number of pyridine rings is 1. The van der Waals surface area contributed by atoms with Crippen molar-refractivity contribution in [1.82, 2.24) is 14.9 Å². The van der Waals surface area contributed by atoms with Crippen LogP contribution >= 0.6 is 0 Å². The molecule has 3 aromatic rings. The smallest absolute Gasteiger partial charge is 0.268 e. The van der Waals surface area contributed by atoms with Crippen molar-refractivity contribution in [2.45, 2.75) is 6.54 Å². The topological polar surface area (TPSA) is 56.1 Å². The molecule has 0 spiro atoms. The van der Waals surface area contributed by atoms with Crippen LogP contribution in [-0.2, 0) is 13.6 Å². The monoisotopic (exact) mass is 295 g/mol. The van der Waals surface area contributed by atoms with Crippen LogP contribution in [0, 0.1) is 0 Å². The summed E-state index contributed by atoms with van der Waals surface area (Å²) in [6.07, 6.45) is 3.45. The van der Waals surface area contributed by atoms with Crippen molar-refractivity contribution >= 4 is 16.8 Å². The largest absolute Gasteiger partial charge is 0.497 e. The van der Waals surface area contributed by atoms with Crippen LogP contribution in [-0.4, -0.2) is 22.6 Å². The van der Waals surface area contributed by atoms with Gasteiger partial charge >= 0.3 is 0 Å². The second-order valence-corrected chi connectivity index (χ2v) is 5.06. The number of fused-ring (bicyclic) bond motifs is 1. The third-order valence-corrected chi connectivity index (χ3v) is 3.66. The molecule has 3 rings (SSSR count). The van der Waals surface area contributed by atoms with Crippen molar-refractivity contribution in [1.29, 1.82) is 0 Å². The number of aryl methyl sites for hydroxylation is 1. The Bertz CT molecular complexity index is 809. The SMILES string of the molecule is COc1ccc2cc(C(=O)NCc3cccnc3)n(C)c2c1. The van der Waals surface area contributed by atoms with E-state index in [1.165, 1.54) is 0 Å². The Labute approximate surface area is 128 Å². The van der Waals surface area contributed by atoms with Crippen molar-refractivity contribution in [3.63, 3.8) is 0 Å². The molecule has 0 unspecified atom stereocenters. The van der Waals surface area contributed by atoms with Gasteiger partial charge in [-0.05, 0) is 29.8 Å². The molecular formula is C17H17N3O2. The fourth-order valence-electron chi connectivity index (χ4n) is 2.43. The summed E-state index contributed by atoms with van der Waals surface area (Å²) >= 11 is 0. The van der Waals surface area contributed by atoms with Gasteiger partial charge in [-0.15, -0.1) is 0 Å². The number of rotatable bonds is 4. The molecule has 1 amide bonds. The Morgan fingerprint density at radius 2 is 2.18 bits per heavy atom. The lowest BCUT2D eigenvalue weighted by Gasteiger charge is -2.07. The summed E-state index contributed by atoms with van der Waals surface area (Å²) in [5.74, 6) is 0.664. The highest BCUT2D eigenvalue weighted by atomic mass is 16.5. The Kier molecular flexibility index (Phi) is 3.78. The van der Waals surface area contributed by atoms with Gasteiger partial charge in [0.25, 0.3) is 5.91 Å². The number of ether oxygens (including phenoxy) is 1. The molecule has 0 saturated heterocycles. The van der Waals surface area contributed by atoms with Crippen LogP contribution in [0.2, 0.25) is 0 Å². The standard InChI is InChI=1S/C17H17N3O2/c1-20-15-9-14(22-2)6-5-13(15)8-16(20)17(21)19-11-12-4-3-7-18-10-12/h3-10H,11H2,1-2H3,(H,19,21). The van der Waals surface area contributed by atoms with Crippen LogP contribution in [0.15, 0.2) is 48.8 Å². The third-order valence-electron chi connectivity index (χ3n) is 3.66. The maximum Gasteiger partial charge on any atom is 0.268 e. The molecule has 1 N–H and O–H groups in total. The van der Waals surface area contributed by atoms with Crippen LogP contribution in [0.5, 0.6) is 5.75 Å². The van der Waals surface area contributed by atoms with Crippen molar-refractivity contribution in [3.05, 3.63) is 60.0 Å². The van der Waals surface area contributed by atoms with E-state index in [0.29, 0.717) is 12.2 Å². The third kappa shape index (κ3) is 2.65. The van der Waals surface area contributed by atoms with E-state index in [0.717, 1.165) is 22.2 Å². The van der Waals surface area contributed by atoms with E-state index in [1.807, 2.05) is 48.0 Å². The Morgan fingerprint density at radius 1 is 1.32 bits per heavy atom. The number of nitrogens with zero attached hydrogens (tertiary/aromatic N) is 2. The van der Waals surface area contributed by atoms with Crippen molar-refractivity contribution in [2.75, 3.05) is 7.11 Å². The number of hydrogen-bond acceptors (Lipinski definition) is 3. The van der Waals surface area contributed by atoms with Crippen LogP contribution in [0.3, 0.4) is 0 Å². The fraction of sp³-hybridized carbons (Fsp3) is 0.176. The molecule has 0 atom stereocenters. The van der Waals surface area contributed by atoms with Gasteiger partial charge in [0.15, 0.2) is 0 Å². The summed E-state index contributed by atoms with van der Waals surface area (Å²) in [7, 11) is 3.51. The minimum absolute atomic E-state index is 0.110. The number of hydrogen-bond donors (Lipinski definition) is 1. The highest BCUT2D eigenvalue weighted by molar-refractivity contribution is 5.98. The number of nitrogens with one attached hydrogen (secondary N) is 1. The van der Waals surface area contributed by atoms with E-state index < -0.39 is 0 Å². The minimum Gasteiger partial charge on any atom is -0.497 e. The van der Waals surface area contributed by atoms with Gasteiger partial charge in [0.1, 0.15) is 11.4 Å². The molecular weight excluding hydrogens is 278 g/mol. The van der Waals surface area contributed by atoms with Gasteiger partial charge in [-0.2, -0.15) is 0 Å². The molecule has 5 nitrogen and oxygen atoms in total. The van der Waals surface area contributed by atoms with E-state index in [2.05, 4.69) is 10.3 Å². The van der Waals surface area contributed by atoms with E-state index in [1.54, 1.807) is 19.5 Å². The van der Waals surface area contributed by atoms with E-state index >= 15 is 0 Å². The average molecular weight is 295 g/mol. The molecule has 0 aliphatic heterocycles. The second kappa shape index (κ2) is 5.89. The maximum atomic E-state index is 12.4. The van der Waals surface area contributed by atoms with E-state index in [4.69, 9.17) is 4.74 Å². The summed E-state index contributed by atoms with van der Waals surface area (Å²) in [5, 5.41) is 3.92. The van der Waals surface area contributed by atoms with Gasteiger partial charge in [-0.3, -0.25) is 9.78 Å². The molecule has 112 valence electrons. The van der Waals surface area contributed by atoms with Gasteiger partial charge in [0.2, 0.25) is 0 Å². The molecule has 0 aliphatic carbocycles. The Hall–Kier alpha value is -2.82. The van der Waals surface area contributed by atoms with Gasteiger partial charge in [-0.25, -0.2) is 0 Å². The molecule has 2 heterocycles. The van der Waals surface area contributed by atoms with Crippen LogP contribution in [0.25, 0.3) is 10.9 Å². The van der Waals surface area contributed by atoms with Crippen LogP contribution < -0.4 is 10.1 Å². The maximum absolute atomic E-state index is 12.4. The lowest BCUT2D eigenvalue weighted by atomic mass is 10.2. The highest BCUT2D eigenvalue weighted by Gasteiger charge is 2.13. The van der Waals surface area contributed by atoms with E-state index in [9.17, 15) is 4.79 Å². The number of aromatic nitrogens is 2. The van der Waals surface area contributed by atoms with Crippen molar-refractivity contribution < 1.29 is 9.53 Å². The van der Waals surface area contributed by atoms with E-state index in [-0.39, 0.29) is 5.91 Å². The lowest BCUT2D eigenvalue weighted by molar-refractivity contribution is 0.0943. The molecule has 0 fully saturated rings. The summed E-state index contributed by atoms with van der Waals surface area (Å²) in [6, 6.07) is 11.4. The first kappa shape index (κ1) is 14.1. The normalized spacial score (nSPS) is 10.6. The fourth-order valence-corrected chi connectivity index (χ4v) is 2.43. The highest BCUT2D eigenvalue weighted by Crippen LogP contribution is 2.23. The first-order valence-corrected chi connectivity index (χ1v) is 6.99. The zero-order valence-corrected chi connectivity index (χ0v) is 12.5. The first-order chi connectivity index (χ1) is 10.7. The summed E-state index contributed by atoms with van der Waals surface area (Å²) in [5.41, 5.74) is 2.55. The van der Waals surface area contributed by atoms with Crippen LogP contribution in [0.1, 0.15) is 16.1 Å². The predicted octanol–water partition coefficient (Wildman–Crippen LogP) is 2.51. The molecule has 0 saturated carbocycles. The van der Waals surface area contributed by atoms with Crippen molar-refractivity contribution in [2.24, 2.45) is 7.05 Å². The van der Waals surface area contributed by atoms with Gasteiger partial charge in [0, 0.05) is 37.4 Å². The van der Waals surface area contributed by atoms with Gasteiger partial charge < -0.3 is 14.6 Å². The Morgan fingerprint density at radius 3 is 2.91 bits per heavy atom. The average Bonchev–Trinajstić information content (AvgIpc) is 2.90. The first-order valence-electron chi connectivity index (χ1n) is 6.99. The second-order valence-electron chi connectivity index (χ2n) is 5.06. The number of carbonyl (C=O) groups is 1. The number of amides is 1. The lowest BCUT2D eigenvalue weighted by Crippen LogP contribution is -2.24. The molecule has 22 heavy (non-hydrogen) atoms. The summed E-state index contributed by atoms with van der Waals surface area (Å²) < 4.78 is 7.10. The minimum atomic E-state index is -0.110. The molecule has 1 aromatic carbocycles.